The van der Waals surface area contributed by atoms with Crippen LogP contribution in [0, 0.1) is 16.7 Å². The minimum atomic E-state index is -0.282. The van der Waals surface area contributed by atoms with Crippen molar-refractivity contribution < 1.29 is 9.53 Å². The molecule has 2 fully saturated rings. The molecular formula is C19H25NO2. The summed E-state index contributed by atoms with van der Waals surface area (Å²) >= 11 is 0. The van der Waals surface area contributed by atoms with Crippen LogP contribution < -0.4 is 0 Å². The Morgan fingerprint density at radius 3 is 2.64 bits per heavy atom. The van der Waals surface area contributed by atoms with Gasteiger partial charge in [-0.05, 0) is 49.7 Å². The summed E-state index contributed by atoms with van der Waals surface area (Å²) in [5, 5.41) is 0. The molecule has 1 aromatic carbocycles. The molecule has 2 aliphatic rings. The number of rotatable bonds is 3. The molecule has 0 saturated heterocycles. The Hall–Kier alpha value is -1.64. The summed E-state index contributed by atoms with van der Waals surface area (Å²) in [4.78, 5) is 17.0. The minimum Gasteiger partial charge on any atom is -0.462 e. The van der Waals surface area contributed by atoms with E-state index in [0.717, 1.165) is 12.1 Å². The Morgan fingerprint density at radius 2 is 2.05 bits per heavy atom. The first-order chi connectivity index (χ1) is 10.4. The van der Waals surface area contributed by atoms with Gasteiger partial charge in [-0.3, -0.25) is 4.99 Å². The monoisotopic (exact) mass is 299 g/mol. The average molecular weight is 299 g/mol. The van der Waals surface area contributed by atoms with Crippen LogP contribution in [-0.4, -0.2) is 18.3 Å². The molecular weight excluding hydrogens is 274 g/mol. The lowest BCUT2D eigenvalue weighted by atomic mass is 9.70. The third kappa shape index (κ3) is 2.10. The van der Waals surface area contributed by atoms with Crippen molar-refractivity contribution in [3.8, 4) is 0 Å². The van der Waals surface area contributed by atoms with Crippen molar-refractivity contribution in [2.24, 2.45) is 21.7 Å². The van der Waals surface area contributed by atoms with Gasteiger partial charge in [-0.15, -0.1) is 0 Å². The zero-order chi connectivity index (χ0) is 16.0. The normalized spacial score (nSPS) is 30.7. The first kappa shape index (κ1) is 15.3. The molecule has 2 aliphatic carbocycles. The number of carbonyl (C=O) groups is 1. The summed E-state index contributed by atoms with van der Waals surface area (Å²) in [6.07, 6.45) is 3.55. The zero-order valence-corrected chi connectivity index (χ0v) is 14.0. The average Bonchev–Trinajstić information content (AvgIpc) is 2.81. The van der Waals surface area contributed by atoms with Crippen LogP contribution >= 0.6 is 0 Å². The van der Waals surface area contributed by atoms with Gasteiger partial charge < -0.3 is 4.74 Å². The highest BCUT2D eigenvalue weighted by Crippen LogP contribution is 2.64. The third-order valence-corrected chi connectivity index (χ3v) is 6.17. The molecule has 3 nitrogen and oxygen atoms in total. The maximum atomic E-state index is 12.1. The van der Waals surface area contributed by atoms with E-state index in [4.69, 9.17) is 9.73 Å². The van der Waals surface area contributed by atoms with Crippen molar-refractivity contribution in [2.45, 2.75) is 47.0 Å². The summed E-state index contributed by atoms with van der Waals surface area (Å²) < 4.78 is 5.15. The molecule has 0 spiro atoms. The summed E-state index contributed by atoms with van der Waals surface area (Å²) in [7, 11) is 0. The summed E-state index contributed by atoms with van der Waals surface area (Å²) in [5.74, 6) is 0.432. The van der Waals surface area contributed by atoms with Crippen LogP contribution in [0.3, 0.4) is 0 Å². The van der Waals surface area contributed by atoms with Crippen LogP contribution in [0.4, 0.5) is 5.69 Å². The number of benzene rings is 1. The molecule has 0 heterocycles. The van der Waals surface area contributed by atoms with E-state index in [2.05, 4.69) is 20.8 Å². The minimum absolute atomic E-state index is 0.152. The molecule has 2 atom stereocenters. The van der Waals surface area contributed by atoms with Gasteiger partial charge in [0.15, 0.2) is 0 Å². The molecule has 1 aromatic rings. The highest BCUT2D eigenvalue weighted by molar-refractivity contribution is 6.00. The van der Waals surface area contributed by atoms with Crippen LogP contribution in [0.2, 0.25) is 0 Å². The molecule has 2 saturated carbocycles. The van der Waals surface area contributed by atoms with Gasteiger partial charge in [-0.2, -0.15) is 0 Å². The number of carbonyl (C=O) groups excluding carboxylic acids is 1. The Balaban J connectivity index is 1.99. The maximum Gasteiger partial charge on any atom is 0.340 e. The van der Waals surface area contributed by atoms with E-state index < -0.39 is 0 Å². The quantitative estimate of drug-likeness (QED) is 0.753. The second kappa shape index (κ2) is 5.22. The predicted molar refractivity (Wildman–Crippen MR) is 88.7 cm³/mol. The Morgan fingerprint density at radius 1 is 1.32 bits per heavy atom. The van der Waals surface area contributed by atoms with Crippen molar-refractivity contribution in [3.05, 3.63) is 29.8 Å². The zero-order valence-electron chi connectivity index (χ0n) is 14.0. The van der Waals surface area contributed by atoms with Gasteiger partial charge in [-0.25, -0.2) is 4.79 Å². The van der Waals surface area contributed by atoms with Crippen LogP contribution in [0.15, 0.2) is 29.3 Å². The summed E-state index contributed by atoms with van der Waals surface area (Å²) in [5.41, 5.74) is 3.02. The standard InChI is InChI=1S/C19H25NO2/c1-5-22-17(21)14-8-6-7-9-15(14)20-16-12-13-10-11-19(16,4)18(13,2)3/h6-9,13H,5,10-12H2,1-4H3/t13-,19+/m1/s1. The Bertz CT molecular complexity index is 632. The number of para-hydroxylation sites is 1. The van der Waals surface area contributed by atoms with E-state index in [9.17, 15) is 4.79 Å². The first-order valence-electron chi connectivity index (χ1n) is 8.24. The van der Waals surface area contributed by atoms with Crippen molar-refractivity contribution in [3.63, 3.8) is 0 Å². The number of nitrogens with zero attached hydrogens (tertiary/aromatic N) is 1. The number of ether oxygens (including phenoxy) is 1. The predicted octanol–water partition coefficient (Wildman–Crippen LogP) is 4.78. The number of esters is 1. The topological polar surface area (TPSA) is 38.7 Å². The van der Waals surface area contributed by atoms with Gasteiger partial charge >= 0.3 is 5.97 Å². The molecule has 118 valence electrons. The Labute approximate surface area is 132 Å². The molecule has 3 heteroatoms. The van der Waals surface area contributed by atoms with E-state index in [-0.39, 0.29) is 11.4 Å². The largest absolute Gasteiger partial charge is 0.462 e. The number of fused-ring (bicyclic) bond motifs is 2. The highest BCUT2D eigenvalue weighted by atomic mass is 16.5. The molecule has 0 N–H and O–H groups in total. The lowest BCUT2D eigenvalue weighted by molar-refractivity contribution is 0.0527. The van der Waals surface area contributed by atoms with Crippen molar-refractivity contribution >= 4 is 17.4 Å². The van der Waals surface area contributed by atoms with Crippen LogP contribution in [0.1, 0.15) is 57.3 Å². The smallest absolute Gasteiger partial charge is 0.340 e. The maximum absolute atomic E-state index is 12.1. The van der Waals surface area contributed by atoms with Crippen molar-refractivity contribution in [2.75, 3.05) is 6.61 Å². The van der Waals surface area contributed by atoms with Crippen molar-refractivity contribution in [1.29, 1.82) is 0 Å². The lowest BCUT2D eigenvalue weighted by Gasteiger charge is -2.34. The fraction of sp³-hybridized carbons (Fsp3) is 0.579. The fourth-order valence-electron chi connectivity index (χ4n) is 4.20. The fourth-order valence-corrected chi connectivity index (χ4v) is 4.20. The van der Waals surface area contributed by atoms with Gasteiger partial charge in [-0.1, -0.05) is 32.9 Å². The van der Waals surface area contributed by atoms with Crippen LogP contribution in [0.25, 0.3) is 0 Å². The SMILES string of the molecule is CCOC(=O)c1ccccc1N=C1C[C@H]2CC[C@]1(C)C2(C)C. The number of aliphatic imine (C=N–C) groups is 1. The molecule has 0 amide bonds. The van der Waals surface area contributed by atoms with Gasteiger partial charge in [0.1, 0.15) is 0 Å². The second-order valence-electron chi connectivity index (χ2n) is 7.29. The van der Waals surface area contributed by atoms with E-state index in [0.29, 0.717) is 23.5 Å². The molecule has 0 unspecified atom stereocenters. The van der Waals surface area contributed by atoms with E-state index >= 15 is 0 Å². The van der Waals surface area contributed by atoms with Gasteiger partial charge in [0, 0.05) is 11.1 Å². The molecule has 0 aromatic heterocycles. The highest BCUT2D eigenvalue weighted by Gasteiger charge is 2.59. The van der Waals surface area contributed by atoms with Gasteiger partial charge in [0.2, 0.25) is 0 Å². The molecule has 2 bridgehead atoms. The third-order valence-electron chi connectivity index (χ3n) is 6.17. The molecule has 0 aliphatic heterocycles. The van der Waals surface area contributed by atoms with Crippen LogP contribution in [-0.2, 0) is 4.74 Å². The first-order valence-corrected chi connectivity index (χ1v) is 8.24. The second-order valence-corrected chi connectivity index (χ2v) is 7.29. The van der Waals surface area contributed by atoms with E-state index in [1.807, 2.05) is 25.1 Å². The van der Waals surface area contributed by atoms with Gasteiger partial charge in [0.05, 0.1) is 17.9 Å². The molecule has 3 rings (SSSR count). The number of hydrogen-bond acceptors (Lipinski definition) is 3. The molecule has 0 radical (unpaired) electrons. The lowest BCUT2D eigenvalue weighted by Crippen LogP contribution is -2.32. The van der Waals surface area contributed by atoms with E-state index in [1.54, 1.807) is 6.07 Å². The van der Waals surface area contributed by atoms with E-state index in [1.165, 1.54) is 18.6 Å². The molecule has 22 heavy (non-hydrogen) atoms. The summed E-state index contributed by atoms with van der Waals surface area (Å²) in [6.45, 7) is 9.28. The van der Waals surface area contributed by atoms with Gasteiger partial charge in [0.25, 0.3) is 0 Å². The number of hydrogen-bond donors (Lipinski definition) is 0. The van der Waals surface area contributed by atoms with Crippen LogP contribution in [0.5, 0.6) is 0 Å². The summed E-state index contributed by atoms with van der Waals surface area (Å²) in [6, 6.07) is 7.52. The Kier molecular flexibility index (Phi) is 3.62. The van der Waals surface area contributed by atoms with Crippen molar-refractivity contribution in [1.82, 2.24) is 0 Å².